The Labute approximate surface area is 200 Å². The number of carbonyl (C=O) groups is 1. The Balaban J connectivity index is 1.83. The number of nitrogens with one attached hydrogen (secondary N) is 1. The molecule has 0 unspecified atom stereocenters. The Morgan fingerprint density at radius 1 is 1.09 bits per heavy atom. The largest absolute Gasteiger partial charge is 0.490 e. The summed E-state index contributed by atoms with van der Waals surface area (Å²) in [7, 11) is -4.04. The first kappa shape index (κ1) is 23.7. The zero-order valence-corrected chi connectivity index (χ0v) is 20.4. The molecule has 32 heavy (non-hydrogen) atoms. The molecule has 0 atom stereocenters. The summed E-state index contributed by atoms with van der Waals surface area (Å²) in [6.07, 6.45) is 1.45. The number of ether oxygens (including phenoxy) is 1. The molecule has 0 saturated heterocycles. The number of amides is 1. The van der Waals surface area contributed by atoms with Gasteiger partial charge in [0.1, 0.15) is 4.90 Å². The average molecular weight is 564 g/mol. The highest BCUT2D eigenvalue weighted by Crippen LogP contribution is 2.36. The minimum Gasteiger partial charge on any atom is -0.490 e. The van der Waals surface area contributed by atoms with E-state index in [1.165, 1.54) is 18.3 Å². The highest BCUT2D eigenvalue weighted by Gasteiger charge is 2.22. The van der Waals surface area contributed by atoms with Gasteiger partial charge >= 0.3 is 10.1 Å². The van der Waals surface area contributed by atoms with Crippen molar-refractivity contribution >= 4 is 44.8 Å². The van der Waals surface area contributed by atoms with Crippen molar-refractivity contribution in [2.75, 3.05) is 6.61 Å². The molecule has 0 spiro atoms. The van der Waals surface area contributed by atoms with Crippen molar-refractivity contribution in [3.63, 3.8) is 0 Å². The second-order valence-electron chi connectivity index (χ2n) is 6.68. The fourth-order valence-electron chi connectivity index (χ4n) is 2.69. The molecule has 0 aliphatic rings. The van der Waals surface area contributed by atoms with Crippen LogP contribution < -0.4 is 14.3 Å². The van der Waals surface area contributed by atoms with Crippen LogP contribution in [0.15, 0.2) is 76.7 Å². The van der Waals surface area contributed by atoms with Gasteiger partial charge in [-0.2, -0.15) is 13.5 Å². The van der Waals surface area contributed by atoms with Gasteiger partial charge in [-0.1, -0.05) is 35.9 Å². The fraction of sp³-hybridized carbons (Fsp3) is 0.130. The van der Waals surface area contributed by atoms with Crippen LogP contribution in [-0.4, -0.2) is 27.1 Å². The summed E-state index contributed by atoms with van der Waals surface area (Å²) >= 11 is 1.97. The topological polar surface area (TPSA) is 94.1 Å². The molecule has 166 valence electrons. The lowest BCUT2D eigenvalue weighted by atomic mass is 10.2. The summed E-state index contributed by atoms with van der Waals surface area (Å²) in [6.45, 7) is 3.96. The second kappa shape index (κ2) is 10.6. The summed E-state index contributed by atoms with van der Waals surface area (Å²) in [5, 5.41) is 3.98. The number of benzene rings is 3. The van der Waals surface area contributed by atoms with Crippen LogP contribution in [0.2, 0.25) is 0 Å². The average Bonchev–Trinajstić information content (AvgIpc) is 2.77. The molecular weight excluding hydrogens is 543 g/mol. The Morgan fingerprint density at radius 3 is 2.44 bits per heavy atom. The molecule has 7 nitrogen and oxygen atoms in total. The quantitative estimate of drug-likeness (QED) is 0.188. The van der Waals surface area contributed by atoms with Crippen LogP contribution >= 0.6 is 22.6 Å². The van der Waals surface area contributed by atoms with Crippen LogP contribution in [0.5, 0.6) is 11.5 Å². The van der Waals surface area contributed by atoms with Crippen LogP contribution in [0.25, 0.3) is 0 Å². The van der Waals surface area contributed by atoms with Crippen LogP contribution in [0.1, 0.15) is 28.4 Å². The molecule has 0 radical (unpaired) electrons. The first-order chi connectivity index (χ1) is 15.3. The Bertz CT molecular complexity index is 1230. The van der Waals surface area contributed by atoms with Crippen LogP contribution in [0.3, 0.4) is 0 Å². The number of rotatable bonds is 8. The van der Waals surface area contributed by atoms with Crippen molar-refractivity contribution in [2.45, 2.75) is 18.7 Å². The predicted octanol–water partition coefficient (Wildman–Crippen LogP) is 4.53. The molecule has 0 heterocycles. The summed E-state index contributed by atoms with van der Waals surface area (Å²) < 4.78 is 37.0. The number of hydrogen-bond acceptors (Lipinski definition) is 6. The van der Waals surface area contributed by atoms with Gasteiger partial charge in [0.2, 0.25) is 0 Å². The number of hydrazone groups is 1. The standard InChI is InChI=1S/C23H21IN2O5S/c1-3-30-21-14-17(15-25-26-23(27)18-7-5-4-6-8-18)13-20(24)22(21)31-32(28,29)19-11-9-16(2)10-12-19/h4-15H,3H2,1-2H3,(H,26,27)/b25-15-. The van der Waals surface area contributed by atoms with Crippen molar-refractivity contribution in [3.8, 4) is 11.5 Å². The molecule has 1 N–H and O–H groups in total. The van der Waals surface area contributed by atoms with E-state index in [2.05, 4.69) is 10.5 Å². The highest BCUT2D eigenvalue weighted by molar-refractivity contribution is 14.1. The number of hydrogen-bond donors (Lipinski definition) is 1. The fourth-order valence-corrected chi connectivity index (χ4v) is 4.53. The minimum absolute atomic E-state index is 0.0515. The lowest BCUT2D eigenvalue weighted by Crippen LogP contribution is -2.17. The molecule has 3 aromatic carbocycles. The summed E-state index contributed by atoms with van der Waals surface area (Å²) in [5.41, 5.74) is 4.49. The number of carbonyl (C=O) groups excluding carboxylic acids is 1. The molecule has 0 aliphatic carbocycles. The third-order valence-electron chi connectivity index (χ3n) is 4.25. The lowest BCUT2D eigenvalue weighted by Gasteiger charge is -2.14. The van der Waals surface area contributed by atoms with E-state index in [4.69, 9.17) is 8.92 Å². The van der Waals surface area contributed by atoms with Gasteiger partial charge < -0.3 is 8.92 Å². The third kappa shape index (κ3) is 6.07. The van der Waals surface area contributed by atoms with E-state index in [1.807, 2.05) is 35.6 Å². The normalized spacial score (nSPS) is 11.3. The van der Waals surface area contributed by atoms with E-state index >= 15 is 0 Å². The van der Waals surface area contributed by atoms with E-state index in [0.29, 0.717) is 21.3 Å². The smallest absolute Gasteiger partial charge is 0.339 e. The van der Waals surface area contributed by atoms with Gasteiger partial charge in [-0.25, -0.2) is 5.43 Å². The van der Waals surface area contributed by atoms with Gasteiger partial charge in [-0.05, 0) is 78.4 Å². The van der Waals surface area contributed by atoms with Crippen LogP contribution in [0, 0.1) is 10.5 Å². The molecule has 0 saturated carbocycles. The molecule has 0 aromatic heterocycles. The van der Waals surface area contributed by atoms with Crippen molar-refractivity contribution in [2.24, 2.45) is 5.10 Å². The van der Waals surface area contributed by atoms with Gasteiger partial charge in [-0.15, -0.1) is 0 Å². The molecule has 0 aliphatic heterocycles. The second-order valence-corrected chi connectivity index (χ2v) is 9.39. The summed E-state index contributed by atoms with van der Waals surface area (Å²) in [5.74, 6) is 0.00939. The van der Waals surface area contributed by atoms with E-state index in [-0.39, 0.29) is 22.3 Å². The predicted molar refractivity (Wildman–Crippen MR) is 131 cm³/mol. The van der Waals surface area contributed by atoms with Crippen molar-refractivity contribution < 1.29 is 22.1 Å². The first-order valence-corrected chi connectivity index (χ1v) is 12.1. The molecular formula is C23H21IN2O5S. The van der Waals surface area contributed by atoms with Crippen molar-refractivity contribution in [3.05, 3.63) is 87.0 Å². The minimum atomic E-state index is -4.04. The molecule has 9 heteroatoms. The maximum atomic E-state index is 12.7. The van der Waals surface area contributed by atoms with E-state index in [9.17, 15) is 13.2 Å². The number of nitrogens with zero attached hydrogens (tertiary/aromatic N) is 1. The summed E-state index contributed by atoms with van der Waals surface area (Å²) in [6, 6.07) is 18.4. The SMILES string of the molecule is CCOc1cc(/C=N\NC(=O)c2ccccc2)cc(I)c1OS(=O)(=O)c1ccc(C)cc1. The Kier molecular flexibility index (Phi) is 7.86. The highest BCUT2D eigenvalue weighted by atomic mass is 127. The van der Waals surface area contributed by atoms with Gasteiger partial charge in [0.15, 0.2) is 11.5 Å². The number of halogens is 1. The molecule has 3 aromatic rings. The van der Waals surface area contributed by atoms with Crippen LogP contribution in [0.4, 0.5) is 0 Å². The van der Waals surface area contributed by atoms with Gasteiger partial charge in [0.05, 0.1) is 16.4 Å². The van der Waals surface area contributed by atoms with E-state index in [1.54, 1.807) is 55.5 Å². The summed E-state index contributed by atoms with van der Waals surface area (Å²) in [4.78, 5) is 12.2. The van der Waals surface area contributed by atoms with Crippen molar-refractivity contribution in [1.82, 2.24) is 5.43 Å². The molecule has 0 bridgehead atoms. The lowest BCUT2D eigenvalue weighted by molar-refractivity contribution is 0.0955. The van der Waals surface area contributed by atoms with Gasteiger partial charge in [-0.3, -0.25) is 4.79 Å². The van der Waals surface area contributed by atoms with Crippen LogP contribution in [-0.2, 0) is 10.1 Å². The van der Waals surface area contributed by atoms with E-state index < -0.39 is 10.1 Å². The van der Waals surface area contributed by atoms with Gasteiger partial charge in [0.25, 0.3) is 5.91 Å². The first-order valence-electron chi connectivity index (χ1n) is 9.66. The van der Waals surface area contributed by atoms with Gasteiger partial charge in [0, 0.05) is 5.56 Å². The zero-order chi connectivity index (χ0) is 23.1. The molecule has 0 fully saturated rings. The Hall–Kier alpha value is -2.92. The molecule has 3 rings (SSSR count). The Morgan fingerprint density at radius 2 is 1.78 bits per heavy atom. The zero-order valence-electron chi connectivity index (χ0n) is 17.4. The maximum Gasteiger partial charge on any atom is 0.339 e. The monoisotopic (exact) mass is 564 g/mol. The maximum absolute atomic E-state index is 12.7. The van der Waals surface area contributed by atoms with Crippen molar-refractivity contribution in [1.29, 1.82) is 0 Å². The van der Waals surface area contributed by atoms with E-state index in [0.717, 1.165) is 5.56 Å². The number of aryl methyl sites for hydroxylation is 1. The third-order valence-corrected chi connectivity index (χ3v) is 6.29. The molecule has 1 amide bonds.